The molecule has 4 N–H and O–H groups in total. The van der Waals surface area contributed by atoms with Gasteiger partial charge < -0.3 is 30.9 Å². The van der Waals surface area contributed by atoms with Crippen molar-refractivity contribution in [1.29, 1.82) is 0 Å². The van der Waals surface area contributed by atoms with Crippen molar-refractivity contribution in [2.24, 2.45) is 5.73 Å². The number of halogens is 2. The summed E-state index contributed by atoms with van der Waals surface area (Å²) < 4.78 is 5.22. The summed E-state index contributed by atoms with van der Waals surface area (Å²) in [4.78, 5) is 29.6. The zero-order chi connectivity index (χ0) is 26.1. The molecule has 0 radical (unpaired) electrons. The molecule has 0 saturated carbocycles. The minimum absolute atomic E-state index is 0.147. The molecule has 10 heteroatoms. The van der Waals surface area contributed by atoms with Crippen LogP contribution in [-0.4, -0.2) is 75.2 Å². The number of carbonyl (C=O) groups is 2. The van der Waals surface area contributed by atoms with Gasteiger partial charge in [-0.25, -0.2) is 0 Å². The zero-order valence-corrected chi connectivity index (χ0v) is 22.3. The lowest BCUT2D eigenvalue weighted by molar-refractivity contribution is -0.136. The quantitative estimate of drug-likeness (QED) is 0.408. The molecule has 1 fully saturated rings. The largest absolute Gasteiger partial charge is 0.383 e. The molecule has 1 heterocycles. The van der Waals surface area contributed by atoms with Crippen molar-refractivity contribution < 1.29 is 14.3 Å². The number of carbonyl (C=O) groups excluding carboxylic acids is 2. The summed E-state index contributed by atoms with van der Waals surface area (Å²) in [7, 11) is 1.70. The second-order valence-electron chi connectivity index (χ2n) is 8.94. The average molecular weight is 537 g/mol. The van der Waals surface area contributed by atoms with Crippen LogP contribution in [0.2, 0.25) is 10.0 Å². The number of para-hydroxylation sites is 1. The van der Waals surface area contributed by atoms with Crippen LogP contribution in [0, 0.1) is 0 Å². The summed E-state index contributed by atoms with van der Waals surface area (Å²) in [6.45, 7) is 5.74. The van der Waals surface area contributed by atoms with Crippen molar-refractivity contribution in [3.05, 3.63) is 63.6 Å². The zero-order valence-electron chi connectivity index (χ0n) is 20.8. The molecule has 2 aromatic rings. The predicted molar refractivity (Wildman–Crippen MR) is 145 cm³/mol. The Morgan fingerprint density at radius 2 is 1.81 bits per heavy atom. The van der Waals surface area contributed by atoms with E-state index in [0.717, 1.165) is 17.8 Å². The highest BCUT2D eigenvalue weighted by Crippen LogP contribution is 2.24. The standard InChI is InChI=1S/C26H35Cl2N5O3/c1-18(17-36-2)30-16-20-5-3-4-6-24(20)32-9-11-33(12-10-32)26(35)23(31-25(34)15-29)13-19-7-8-21(27)14-22(19)28/h3-8,14,18,23,30H,9-13,15-17,29H2,1-2H3,(H,31,34)/t18?,23-/m1/s1. The molecule has 8 nitrogen and oxygen atoms in total. The Morgan fingerprint density at radius 3 is 2.47 bits per heavy atom. The Hall–Kier alpha value is -2.36. The summed E-state index contributed by atoms with van der Waals surface area (Å²) in [6.07, 6.45) is 0.259. The first-order chi connectivity index (χ1) is 17.3. The maximum Gasteiger partial charge on any atom is 0.245 e. The first-order valence-electron chi connectivity index (χ1n) is 12.1. The molecular weight excluding hydrogens is 501 g/mol. The smallest absolute Gasteiger partial charge is 0.245 e. The van der Waals surface area contributed by atoms with Gasteiger partial charge in [-0.2, -0.15) is 0 Å². The molecule has 0 spiro atoms. The topological polar surface area (TPSA) is 99.9 Å². The number of hydrogen-bond donors (Lipinski definition) is 3. The van der Waals surface area contributed by atoms with Gasteiger partial charge in [0.05, 0.1) is 13.2 Å². The van der Waals surface area contributed by atoms with Crippen LogP contribution in [0.5, 0.6) is 0 Å². The fourth-order valence-corrected chi connectivity index (χ4v) is 4.80. The fraction of sp³-hybridized carbons (Fsp3) is 0.462. The number of nitrogens with one attached hydrogen (secondary N) is 2. The van der Waals surface area contributed by atoms with Crippen molar-refractivity contribution in [3.63, 3.8) is 0 Å². The van der Waals surface area contributed by atoms with E-state index in [1.165, 1.54) is 5.56 Å². The lowest BCUT2D eigenvalue weighted by atomic mass is 10.0. The van der Waals surface area contributed by atoms with Crippen molar-refractivity contribution in [2.45, 2.75) is 32.0 Å². The summed E-state index contributed by atoms with van der Waals surface area (Å²) in [5.74, 6) is -0.535. The molecule has 0 aromatic heterocycles. The number of hydrogen-bond acceptors (Lipinski definition) is 6. The highest BCUT2D eigenvalue weighted by atomic mass is 35.5. The van der Waals surface area contributed by atoms with E-state index >= 15 is 0 Å². The van der Waals surface area contributed by atoms with Crippen LogP contribution < -0.4 is 21.3 Å². The van der Waals surface area contributed by atoms with Crippen LogP contribution >= 0.6 is 23.2 Å². The van der Waals surface area contributed by atoms with Crippen molar-refractivity contribution in [1.82, 2.24) is 15.5 Å². The van der Waals surface area contributed by atoms with Gasteiger partial charge in [0.1, 0.15) is 6.04 Å². The van der Waals surface area contributed by atoms with E-state index in [1.807, 2.05) is 12.1 Å². The van der Waals surface area contributed by atoms with E-state index in [4.69, 9.17) is 33.7 Å². The van der Waals surface area contributed by atoms with Gasteiger partial charge >= 0.3 is 0 Å². The number of piperazine rings is 1. The van der Waals surface area contributed by atoms with Gasteiger partial charge in [-0.1, -0.05) is 47.5 Å². The number of ether oxygens (including phenoxy) is 1. The SMILES string of the molecule is COCC(C)NCc1ccccc1N1CCN(C(=O)[C@@H](Cc2ccc(Cl)cc2Cl)NC(=O)CN)CC1. The van der Waals surface area contributed by atoms with Crippen molar-refractivity contribution in [2.75, 3.05) is 51.3 Å². The monoisotopic (exact) mass is 535 g/mol. The lowest BCUT2D eigenvalue weighted by Gasteiger charge is -2.38. The minimum atomic E-state index is -0.759. The van der Waals surface area contributed by atoms with E-state index in [1.54, 1.807) is 30.2 Å². The van der Waals surface area contributed by atoms with Crippen molar-refractivity contribution in [3.8, 4) is 0 Å². The second-order valence-corrected chi connectivity index (χ2v) is 9.79. The maximum atomic E-state index is 13.4. The molecular formula is C26H35Cl2N5O3. The molecule has 2 amide bonds. The summed E-state index contributed by atoms with van der Waals surface area (Å²) >= 11 is 12.3. The molecule has 0 bridgehead atoms. The van der Waals surface area contributed by atoms with Gasteiger partial charge in [-0.05, 0) is 36.2 Å². The Morgan fingerprint density at radius 1 is 1.08 bits per heavy atom. The first-order valence-corrected chi connectivity index (χ1v) is 12.8. The molecule has 1 saturated heterocycles. The molecule has 2 atom stereocenters. The summed E-state index contributed by atoms with van der Waals surface area (Å²) in [6, 6.07) is 12.9. The normalized spacial score (nSPS) is 15.5. The third-order valence-corrected chi connectivity index (χ3v) is 6.83. The molecule has 1 aliphatic rings. The number of methoxy groups -OCH3 is 1. The fourth-order valence-electron chi connectivity index (χ4n) is 4.31. The lowest BCUT2D eigenvalue weighted by Crippen LogP contribution is -2.56. The van der Waals surface area contributed by atoms with E-state index in [9.17, 15) is 9.59 Å². The van der Waals surface area contributed by atoms with Crippen LogP contribution in [0.1, 0.15) is 18.1 Å². The Labute approximate surface area is 223 Å². The number of nitrogens with two attached hydrogens (primary N) is 1. The number of benzene rings is 2. The maximum absolute atomic E-state index is 13.4. The minimum Gasteiger partial charge on any atom is -0.383 e. The summed E-state index contributed by atoms with van der Waals surface area (Å²) in [5, 5.41) is 7.22. The van der Waals surface area contributed by atoms with Crippen LogP contribution in [0.25, 0.3) is 0 Å². The molecule has 0 aliphatic carbocycles. The number of anilines is 1. The van der Waals surface area contributed by atoms with E-state index < -0.39 is 6.04 Å². The van der Waals surface area contributed by atoms with Crippen LogP contribution in [0.3, 0.4) is 0 Å². The Bertz CT molecular complexity index is 1030. The highest BCUT2D eigenvalue weighted by molar-refractivity contribution is 6.35. The Kier molecular flexibility index (Phi) is 10.8. The molecule has 36 heavy (non-hydrogen) atoms. The van der Waals surface area contributed by atoms with Crippen LogP contribution in [-0.2, 0) is 27.3 Å². The van der Waals surface area contributed by atoms with Gasteiger partial charge in [-0.15, -0.1) is 0 Å². The van der Waals surface area contributed by atoms with Crippen LogP contribution in [0.15, 0.2) is 42.5 Å². The van der Waals surface area contributed by atoms with Gasteiger partial charge in [0.15, 0.2) is 0 Å². The van der Waals surface area contributed by atoms with E-state index in [-0.39, 0.29) is 30.8 Å². The number of rotatable bonds is 11. The first kappa shape index (κ1) is 28.2. The Balaban J connectivity index is 1.66. The highest BCUT2D eigenvalue weighted by Gasteiger charge is 2.29. The van der Waals surface area contributed by atoms with Gasteiger partial charge in [0, 0.05) is 68.0 Å². The third kappa shape index (κ3) is 7.82. The molecule has 1 unspecified atom stereocenters. The van der Waals surface area contributed by atoms with Gasteiger partial charge in [0.2, 0.25) is 11.8 Å². The third-order valence-electron chi connectivity index (χ3n) is 6.24. The van der Waals surface area contributed by atoms with E-state index in [0.29, 0.717) is 42.8 Å². The van der Waals surface area contributed by atoms with Gasteiger partial charge in [-0.3, -0.25) is 9.59 Å². The van der Waals surface area contributed by atoms with Gasteiger partial charge in [0.25, 0.3) is 0 Å². The molecule has 1 aliphatic heterocycles. The van der Waals surface area contributed by atoms with E-state index in [2.05, 4.69) is 34.6 Å². The predicted octanol–water partition coefficient (Wildman–Crippen LogP) is 2.45. The summed E-state index contributed by atoms with van der Waals surface area (Å²) in [5.41, 5.74) is 8.59. The molecule has 3 rings (SSSR count). The average Bonchev–Trinajstić information content (AvgIpc) is 2.88. The van der Waals surface area contributed by atoms with Crippen molar-refractivity contribution >= 4 is 40.7 Å². The molecule has 2 aromatic carbocycles. The second kappa shape index (κ2) is 13.8. The molecule has 196 valence electrons. The number of amides is 2. The number of nitrogens with zero attached hydrogens (tertiary/aromatic N) is 2. The van der Waals surface area contributed by atoms with Crippen LogP contribution in [0.4, 0.5) is 5.69 Å².